The maximum atomic E-state index is 12.5. The highest BCUT2D eigenvalue weighted by molar-refractivity contribution is 5.79. The molecule has 2 saturated carbocycles. The summed E-state index contributed by atoms with van der Waals surface area (Å²) in [5.74, 6) is 0.825. The molecule has 1 aromatic rings. The molecule has 3 rings (SSSR count). The van der Waals surface area contributed by atoms with Crippen LogP contribution in [0, 0.1) is 17.2 Å². The van der Waals surface area contributed by atoms with Gasteiger partial charge in [-0.15, -0.1) is 0 Å². The number of rotatable bonds is 8. The van der Waals surface area contributed by atoms with E-state index in [4.69, 9.17) is 0 Å². The van der Waals surface area contributed by atoms with Crippen LogP contribution in [0.1, 0.15) is 63.5 Å². The van der Waals surface area contributed by atoms with E-state index in [1.54, 1.807) is 0 Å². The van der Waals surface area contributed by atoms with Crippen LogP contribution in [0.15, 0.2) is 24.3 Å². The summed E-state index contributed by atoms with van der Waals surface area (Å²) in [6.07, 6.45) is 4.41. The van der Waals surface area contributed by atoms with E-state index in [0.29, 0.717) is 24.4 Å². The fourth-order valence-corrected chi connectivity index (χ4v) is 3.39. The van der Waals surface area contributed by atoms with Gasteiger partial charge in [0.2, 0.25) is 5.91 Å². The highest BCUT2D eigenvalue weighted by Crippen LogP contribution is 2.39. The molecule has 4 heteroatoms. The highest BCUT2D eigenvalue weighted by atomic mass is 16.2. The molecule has 0 heterocycles. The summed E-state index contributed by atoms with van der Waals surface area (Å²) in [7, 11) is 0. The average molecular weight is 339 g/mol. The van der Waals surface area contributed by atoms with Crippen molar-refractivity contribution in [1.82, 2.24) is 10.2 Å². The van der Waals surface area contributed by atoms with Crippen LogP contribution >= 0.6 is 0 Å². The number of nitrogens with zero attached hydrogens (tertiary/aromatic N) is 2. The Morgan fingerprint density at radius 3 is 2.40 bits per heavy atom. The van der Waals surface area contributed by atoms with Crippen molar-refractivity contribution in [1.29, 1.82) is 5.26 Å². The summed E-state index contributed by atoms with van der Waals surface area (Å²) in [6.45, 7) is 7.42. The zero-order valence-electron chi connectivity index (χ0n) is 15.6. The zero-order valence-corrected chi connectivity index (χ0v) is 15.6. The van der Waals surface area contributed by atoms with Crippen molar-refractivity contribution in [2.75, 3.05) is 6.54 Å². The van der Waals surface area contributed by atoms with Crippen molar-refractivity contribution in [3.05, 3.63) is 35.4 Å². The summed E-state index contributed by atoms with van der Waals surface area (Å²) in [4.78, 5) is 14.8. The third kappa shape index (κ3) is 4.61. The second kappa shape index (κ2) is 7.17. The van der Waals surface area contributed by atoms with E-state index in [1.165, 1.54) is 11.1 Å². The van der Waals surface area contributed by atoms with Gasteiger partial charge in [-0.25, -0.2) is 0 Å². The molecule has 0 spiro atoms. The lowest BCUT2D eigenvalue weighted by atomic mass is 9.98. The second-order valence-corrected chi connectivity index (χ2v) is 8.17. The number of hydrogen-bond donors (Lipinski definition) is 1. The smallest absolute Gasteiger partial charge is 0.235 e. The SMILES string of the molecule is CC(C)c1ccc(CN(CC(=O)N[C@@](C)(C#N)C2CC2)C2CC2)cc1. The zero-order chi connectivity index (χ0) is 18.0. The van der Waals surface area contributed by atoms with Gasteiger partial charge >= 0.3 is 0 Å². The van der Waals surface area contributed by atoms with Crippen LogP contribution in [0.2, 0.25) is 0 Å². The lowest BCUT2D eigenvalue weighted by Gasteiger charge is -2.26. The molecule has 134 valence electrons. The molecule has 1 aromatic carbocycles. The Morgan fingerprint density at radius 2 is 1.92 bits per heavy atom. The van der Waals surface area contributed by atoms with Crippen LogP contribution in [0.3, 0.4) is 0 Å². The van der Waals surface area contributed by atoms with Crippen molar-refractivity contribution in [3.63, 3.8) is 0 Å². The van der Waals surface area contributed by atoms with E-state index in [2.05, 4.69) is 54.4 Å². The van der Waals surface area contributed by atoms with Crippen LogP contribution in [0.25, 0.3) is 0 Å². The fraction of sp³-hybridized carbons (Fsp3) is 0.619. The van der Waals surface area contributed by atoms with Crippen molar-refractivity contribution in [2.45, 2.75) is 70.5 Å². The van der Waals surface area contributed by atoms with Crippen molar-refractivity contribution < 1.29 is 4.79 Å². The quantitative estimate of drug-likeness (QED) is 0.787. The molecule has 2 aliphatic rings. The number of hydrogen-bond acceptors (Lipinski definition) is 3. The molecule has 0 bridgehead atoms. The van der Waals surface area contributed by atoms with Gasteiger partial charge in [-0.3, -0.25) is 9.69 Å². The maximum Gasteiger partial charge on any atom is 0.235 e. The number of amides is 1. The van der Waals surface area contributed by atoms with Crippen molar-refractivity contribution in [3.8, 4) is 6.07 Å². The Morgan fingerprint density at radius 1 is 1.28 bits per heavy atom. The first-order chi connectivity index (χ1) is 11.9. The van der Waals surface area contributed by atoms with Gasteiger partial charge in [-0.05, 0) is 55.6 Å². The molecule has 2 fully saturated rings. The molecule has 1 amide bonds. The summed E-state index contributed by atoms with van der Waals surface area (Å²) >= 11 is 0. The normalized spacial score (nSPS) is 19.5. The van der Waals surface area contributed by atoms with Gasteiger partial charge in [0, 0.05) is 12.6 Å². The Kier molecular flexibility index (Phi) is 5.15. The largest absolute Gasteiger partial charge is 0.337 e. The van der Waals surface area contributed by atoms with E-state index >= 15 is 0 Å². The van der Waals surface area contributed by atoms with E-state index in [0.717, 1.165) is 32.2 Å². The average Bonchev–Trinajstić information content (AvgIpc) is 3.47. The molecular weight excluding hydrogens is 310 g/mol. The van der Waals surface area contributed by atoms with Gasteiger partial charge in [0.05, 0.1) is 12.6 Å². The van der Waals surface area contributed by atoms with Gasteiger partial charge in [-0.1, -0.05) is 38.1 Å². The molecule has 0 aliphatic heterocycles. The van der Waals surface area contributed by atoms with E-state index < -0.39 is 5.54 Å². The van der Waals surface area contributed by atoms with Crippen molar-refractivity contribution >= 4 is 5.91 Å². The van der Waals surface area contributed by atoms with Crippen LogP contribution in [0.5, 0.6) is 0 Å². The van der Waals surface area contributed by atoms with Gasteiger partial charge in [0.1, 0.15) is 5.54 Å². The molecule has 0 radical (unpaired) electrons. The minimum absolute atomic E-state index is 0.0262. The lowest BCUT2D eigenvalue weighted by Crippen LogP contribution is -2.50. The number of nitriles is 1. The molecule has 25 heavy (non-hydrogen) atoms. The Labute approximate surface area is 151 Å². The first-order valence-electron chi connectivity index (χ1n) is 9.46. The molecular formula is C21H29N3O. The number of carbonyl (C=O) groups is 1. The first kappa shape index (κ1) is 17.9. The van der Waals surface area contributed by atoms with Crippen LogP contribution in [-0.2, 0) is 11.3 Å². The minimum Gasteiger partial charge on any atom is -0.337 e. The Hall–Kier alpha value is -1.86. The Bertz CT molecular complexity index is 653. The summed E-state index contributed by atoms with van der Waals surface area (Å²) in [5.41, 5.74) is 1.88. The molecule has 4 nitrogen and oxygen atoms in total. The lowest BCUT2D eigenvalue weighted by molar-refractivity contribution is -0.124. The Balaban J connectivity index is 1.60. The number of benzene rings is 1. The van der Waals surface area contributed by atoms with E-state index in [1.807, 2.05) is 6.92 Å². The molecule has 2 aliphatic carbocycles. The van der Waals surface area contributed by atoms with Gasteiger partial charge in [0.25, 0.3) is 0 Å². The molecule has 1 atom stereocenters. The molecule has 0 aromatic heterocycles. The fourth-order valence-electron chi connectivity index (χ4n) is 3.39. The molecule has 1 N–H and O–H groups in total. The topological polar surface area (TPSA) is 56.1 Å². The standard InChI is InChI=1S/C21H29N3O/c1-15(2)17-6-4-16(5-7-17)12-24(19-10-11-19)13-20(25)23-21(3,14-22)18-8-9-18/h4-7,15,18-19H,8-13H2,1-3H3,(H,23,25)/t21-/m0/s1. The third-order valence-corrected chi connectivity index (χ3v) is 5.47. The third-order valence-electron chi connectivity index (χ3n) is 5.47. The monoisotopic (exact) mass is 339 g/mol. The maximum absolute atomic E-state index is 12.5. The van der Waals surface area contributed by atoms with Gasteiger partial charge in [0.15, 0.2) is 0 Å². The van der Waals surface area contributed by atoms with Gasteiger partial charge < -0.3 is 5.32 Å². The van der Waals surface area contributed by atoms with Crippen LogP contribution in [0.4, 0.5) is 0 Å². The van der Waals surface area contributed by atoms with E-state index in [9.17, 15) is 10.1 Å². The van der Waals surface area contributed by atoms with Crippen LogP contribution in [-0.4, -0.2) is 28.9 Å². The molecule has 0 unspecified atom stereocenters. The summed E-state index contributed by atoms with van der Waals surface area (Å²) in [5, 5.41) is 12.4. The predicted octanol–water partition coefficient (Wildman–Crippen LogP) is 3.58. The highest BCUT2D eigenvalue weighted by Gasteiger charge is 2.43. The minimum atomic E-state index is -0.703. The number of nitrogens with one attached hydrogen (secondary N) is 1. The second-order valence-electron chi connectivity index (χ2n) is 8.17. The molecule has 0 saturated heterocycles. The predicted molar refractivity (Wildman–Crippen MR) is 98.8 cm³/mol. The van der Waals surface area contributed by atoms with Crippen molar-refractivity contribution in [2.24, 2.45) is 5.92 Å². The summed E-state index contributed by atoms with van der Waals surface area (Å²) < 4.78 is 0. The summed E-state index contributed by atoms with van der Waals surface area (Å²) in [6, 6.07) is 11.5. The van der Waals surface area contributed by atoms with Gasteiger partial charge in [-0.2, -0.15) is 5.26 Å². The number of carbonyl (C=O) groups excluding carboxylic acids is 1. The van der Waals surface area contributed by atoms with E-state index in [-0.39, 0.29) is 5.91 Å². The first-order valence-corrected chi connectivity index (χ1v) is 9.46. The van der Waals surface area contributed by atoms with Crippen LogP contribution < -0.4 is 5.32 Å².